The normalized spacial score (nSPS) is 11.7. The van der Waals surface area contributed by atoms with Crippen molar-refractivity contribution in [2.75, 3.05) is 7.05 Å². The number of likely N-dealkylation sites (N-methyl/N-ethyl adjacent to an activating group) is 1. The number of carbonyl (C=O) groups is 2. The summed E-state index contributed by atoms with van der Waals surface area (Å²) in [6, 6.07) is 4.49. The molecular formula is C11H13FN2O2. The molecule has 86 valence electrons. The molecule has 0 fully saturated rings. The predicted octanol–water partition coefficient (Wildman–Crippen LogP) is 0.690. The van der Waals surface area contributed by atoms with Gasteiger partial charge in [-0.15, -0.1) is 0 Å². The summed E-state index contributed by atoms with van der Waals surface area (Å²) in [5.74, 6) is -1.09. The molecule has 4 nitrogen and oxygen atoms in total. The van der Waals surface area contributed by atoms with E-state index in [1.54, 1.807) is 6.92 Å². The molecule has 16 heavy (non-hydrogen) atoms. The van der Waals surface area contributed by atoms with Gasteiger partial charge in [0.1, 0.15) is 11.9 Å². The van der Waals surface area contributed by atoms with Crippen LogP contribution in [0.2, 0.25) is 0 Å². The number of amides is 2. The molecule has 2 amide bonds. The van der Waals surface area contributed by atoms with E-state index < -0.39 is 17.8 Å². The minimum atomic E-state index is -0.623. The quantitative estimate of drug-likeness (QED) is 0.793. The smallest absolute Gasteiger partial charge is 0.251 e. The lowest BCUT2D eigenvalue weighted by Crippen LogP contribution is -2.43. The zero-order chi connectivity index (χ0) is 12.1. The minimum absolute atomic E-state index is 0.282. The summed E-state index contributed by atoms with van der Waals surface area (Å²) in [5.41, 5.74) is 0.317. The Morgan fingerprint density at radius 3 is 2.31 bits per heavy atom. The Kier molecular flexibility index (Phi) is 3.99. The van der Waals surface area contributed by atoms with Crippen molar-refractivity contribution < 1.29 is 14.0 Å². The molecule has 1 aromatic rings. The molecule has 0 heterocycles. The maximum absolute atomic E-state index is 12.6. The first-order valence-electron chi connectivity index (χ1n) is 4.82. The first-order valence-corrected chi connectivity index (χ1v) is 4.82. The van der Waals surface area contributed by atoms with Gasteiger partial charge in [-0.1, -0.05) is 0 Å². The van der Waals surface area contributed by atoms with Crippen molar-refractivity contribution in [3.63, 3.8) is 0 Å². The van der Waals surface area contributed by atoms with Gasteiger partial charge in [0.25, 0.3) is 5.91 Å². The van der Waals surface area contributed by atoms with Crippen molar-refractivity contribution in [3.8, 4) is 0 Å². The second-order valence-electron chi connectivity index (χ2n) is 3.32. The van der Waals surface area contributed by atoms with Crippen LogP contribution >= 0.6 is 0 Å². The highest BCUT2D eigenvalue weighted by Gasteiger charge is 2.14. The van der Waals surface area contributed by atoms with Gasteiger partial charge in [0, 0.05) is 12.6 Å². The van der Waals surface area contributed by atoms with Crippen LogP contribution in [0.1, 0.15) is 17.3 Å². The second kappa shape index (κ2) is 5.25. The summed E-state index contributed by atoms with van der Waals surface area (Å²) in [4.78, 5) is 22.7. The van der Waals surface area contributed by atoms with Gasteiger partial charge in [-0.25, -0.2) is 4.39 Å². The molecule has 0 radical (unpaired) electrons. The molecule has 5 heteroatoms. The maximum atomic E-state index is 12.6. The highest BCUT2D eigenvalue weighted by molar-refractivity contribution is 5.97. The van der Waals surface area contributed by atoms with E-state index in [1.165, 1.54) is 31.3 Å². The standard InChI is InChI=1S/C11H13FN2O2/c1-7(10(15)13-2)14-11(16)8-3-5-9(12)6-4-8/h3-7H,1-2H3,(H,13,15)(H,14,16). The molecule has 1 unspecified atom stereocenters. The van der Waals surface area contributed by atoms with E-state index in [-0.39, 0.29) is 5.91 Å². The Morgan fingerprint density at radius 1 is 1.25 bits per heavy atom. The largest absolute Gasteiger partial charge is 0.357 e. The van der Waals surface area contributed by atoms with Crippen LogP contribution in [-0.2, 0) is 4.79 Å². The molecule has 0 aliphatic carbocycles. The number of hydrogen-bond acceptors (Lipinski definition) is 2. The molecule has 0 saturated heterocycles. The van der Waals surface area contributed by atoms with Crippen LogP contribution in [0.3, 0.4) is 0 Å². The molecular weight excluding hydrogens is 211 g/mol. The zero-order valence-corrected chi connectivity index (χ0v) is 9.08. The number of rotatable bonds is 3. The fourth-order valence-electron chi connectivity index (χ4n) is 1.16. The van der Waals surface area contributed by atoms with Crippen molar-refractivity contribution in [2.24, 2.45) is 0 Å². The number of halogens is 1. The van der Waals surface area contributed by atoms with E-state index in [2.05, 4.69) is 10.6 Å². The number of nitrogens with one attached hydrogen (secondary N) is 2. The molecule has 1 rings (SSSR count). The topological polar surface area (TPSA) is 58.2 Å². The highest BCUT2D eigenvalue weighted by atomic mass is 19.1. The second-order valence-corrected chi connectivity index (χ2v) is 3.32. The van der Waals surface area contributed by atoms with Crippen LogP contribution in [0.15, 0.2) is 24.3 Å². The Morgan fingerprint density at radius 2 is 1.81 bits per heavy atom. The lowest BCUT2D eigenvalue weighted by molar-refractivity contribution is -0.122. The van der Waals surface area contributed by atoms with Crippen molar-refractivity contribution in [1.82, 2.24) is 10.6 Å². The summed E-state index contributed by atoms with van der Waals surface area (Å²) in [6.45, 7) is 1.57. The lowest BCUT2D eigenvalue weighted by Gasteiger charge is -2.11. The third kappa shape index (κ3) is 3.05. The lowest BCUT2D eigenvalue weighted by atomic mass is 10.2. The Balaban J connectivity index is 2.65. The van der Waals surface area contributed by atoms with Gasteiger partial charge in [0.15, 0.2) is 0 Å². The average molecular weight is 224 g/mol. The van der Waals surface area contributed by atoms with Crippen molar-refractivity contribution in [3.05, 3.63) is 35.6 Å². The van der Waals surface area contributed by atoms with Gasteiger partial charge in [-0.05, 0) is 31.2 Å². The third-order valence-electron chi connectivity index (χ3n) is 2.09. The van der Waals surface area contributed by atoms with E-state index in [4.69, 9.17) is 0 Å². The van der Waals surface area contributed by atoms with E-state index >= 15 is 0 Å². The predicted molar refractivity (Wildman–Crippen MR) is 57.4 cm³/mol. The minimum Gasteiger partial charge on any atom is -0.357 e. The SMILES string of the molecule is CNC(=O)C(C)NC(=O)c1ccc(F)cc1. The van der Waals surface area contributed by atoms with Crippen molar-refractivity contribution >= 4 is 11.8 Å². The van der Waals surface area contributed by atoms with E-state index in [0.29, 0.717) is 5.56 Å². The Hall–Kier alpha value is -1.91. The molecule has 0 aromatic heterocycles. The van der Waals surface area contributed by atoms with E-state index in [9.17, 15) is 14.0 Å². The van der Waals surface area contributed by atoms with Crippen LogP contribution in [0.4, 0.5) is 4.39 Å². The highest BCUT2D eigenvalue weighted by Crippen LogP contribution is 2.02. The van der Waals surface area contributed by atoms with Gasteiger partial charge in [0.05, 0.1) is 0 Å². The summed E-state index contributed by atoms with van der Waals surface area (Å²) in [7, 11) is 1.49. The molecule has 0 spiro atoms. The van der Waals surface area contributed by atoms with Crippen molar-refractivity contribution in [1.29, 1.82) is 0 Å². The molecule has 2 N–H and O–H groups in total. The Labute approximate surface area is 92.8 Å². The van der Waals surface area contributed by atoms with Crippen LogP contribution in [-0.4, -0.2) is 24.9 Å². The van der Waals surface area contributed by atoms with Crippen molar-refractivity contribution in [2.45, 2.75) is 13.0 Å². The Bertz CT molecular complexity index is 389. The van der Waals surface area contributed by atoms with Crippen LogP contribution in [0, 0.1) is 5.82 Å². The molecule has 0 aliphatic heterocycles. The summed E-state index contributed by atoms with van der Waals surface area (Å²) in [5, 5.41) is 4.91. The van der Waals surface area contributed by atoms with Crippen LogP contribution in [0.25, 0.3) is 0 Å². The van der Waals surface area contributed by atoms with Gasteiger partial charge in [-0.2, -0.15) is 0 Å². The average Bonchev–Trinajstić information content (AvgIpc) is 2.28. The third-order valence-corrected chi connectivity index (χ3v) is 2.09. The van der Waals surface area contributed by atoms with Gasteiger partial charge < -0.3 is 10.6 Å². The number of benzene rings is 1. The molecule has 1 aromatic carbocycles. The monoisotopic (exact) mass is 224 g/mol. The zero-order valence-electron chi connectivity index (χ0n) is 9.08. The van der Waals surface area contributed by atoms with E-state index in [0.717, 1.165) is 0 Å². The summed E-state index contributed by atoms with van der Waals surface area (Å²) < 4.78 is 12.6. The first-order chi connectivity index (χ1) is 7.54. The van der Waals surface area contributed by atoms with E-state index in [1.807, 2.05) is 0 Å². The number of carbonyl (C=O) groups excluding carboxylic acids is 2. The van der Waals surface area contributed by atoms with Crippen LogP contribution in [0.5, 0.6) is 0 Å². The summed E-state index contributed by atoms with van der Waals surface area (Å²) in [6.07, 6.45) is 0. The maximum Gasteiger partial charge on any atom is 0.251 e. The van der Waals surface area contributed by atoms with Gasteiger partial charge >= 0.3 is 0 Å². The van der Waals surface area contributed by atoms with Gasteiger partial charge in [0.2, 0.25) is 5.91 Å². The first kappa shape index (κ1) is 12.2. The molecule has 0 aliphatic rings. The van der Waals surface area contributed by atoms with Crippen LogP contribution < -0.4 is 10.6 Å². The fourth-order valence-corrected chi connectivity index (χ4v) is 1.16. The molecule has 1 atom stereocenters. The fraction of sp³-hybridized carbons (Fsp3) is 0.273. The molecule has 0 saturated carbocycles. The summed E-state index contributed by atoms with van der Waals surface area (Å²) >= 11 is 0. The van der Waals surface area contributed by atoms with Gasteiger partial charge in [-0.3, -0.25) is 9.59 Å². The molecule has 0 bridgehead atoms. The number of hydrogen-bond donors (Lipinski definition) is 2.